The van der Waals surface area contributed by atoms with Gasteiger partial charge < -0.3 is 75.3 Å². The van der Waals surface area contributed by atoms with Crippen LogP contribution in [0.3, 0.4) is 0 Å². The number of thioether (sulfide) groups is 1. The molecule has 0 aliphatic carbocycles. The fourth-order valence-electron chi connectivity index (χ4n) is 12.3. The van der Waals surface area contributed by atoms with E-state index in [0.717, 1.165) is 28.9 Å². The van der Waals surface area contributed by atoms with E-state index < -0.39 is 185 Å². The zero-order chi connectivity index (χ0) is 78.2. The number of hydrogen-bond acceptors (Lipinski definition) is 18. The molecule has 1 rings (SSSR count). The maximum atomic E-state index is 15.5. The van der Waals surface area contributed by atoms with Crippen molar-refractivity contribution in [2.45, 2.75) is 254 Å². The van der Waals surface area contributed by atoms with Gasteiger partial charge in [-0.2, -0.15) is 11.8 Å². The summed E-state index contributed by atoms with van der Waals surface area (Å²) >= 11 is 1.22. The molecule has 13 atom stereocenters. The van der Waals surface area contributed by atoms with E-state index in [1.54, 1.807) is 60.6 Å². The summed E-state index contributed by atoms with van der Waals surface area (Å²) in [7, 11) is 11.9. The Bertz CT molecular complexity index is 2820. The van der Waals surface area contributed by atoms with Crippen LogP contribution in [0, 0.1) is 41.4 Å². The first kappa shape index (κ1) is 92.1. The molecule has 28 nitrogen and oxygen atoms in total. The summed E-state index contributed by atoms with van der Waals surface area (Å²) in [6.07, 6.45) is 2.80. The largest absolute Gasteiger partial charge is 0.468 e. The average molecular weight is 1450 g/mol. The van der Waals surface area contributed by atoms with Crippen LogP contribution >= 0.6 is 11.8 Å². The van der Waals surface area contributed by atoms with E-state index in [4.69, 9.17) is 9.47 Å². The number of ether oxygens (including phenoxy) is 2. The average Bonchev–Trinajstić information content (AvgIpc) is 0.807. The Kier molecular flexibility index (Phi) is 38.9. The van der Waals surface area contributed by atoms with Gasteiger partial charge in [-0.05, 0) is 121 Å². The second kappa shape index (κ2) is 42.6. The standard InChI is InChI=1S/C72H127N11O17S/c1-27-29-32-45(13)58(84)57-62(88)75-49(28-2)64(90)81(22)54(39-101-34-31-30-33-48(70(96)99-25)71(97)100-26)67(93)80(21)53(38-72(16,17)98)61(87)76-55(43(9)10)68(94)77(18)50(35-40(3)4)60(86)73-46(14)59(85)74-47(15)63(89)78(19)51(36-41(5)6)65(91)79(20)52(37-42(7)8)66(92)82(23)56(44(11)12)69(95)83(57)24/h27,29,40-58,84,98H,28,30-39H2,1-26H3,(H,73,86)(H,74,85)(H,75,88)(H,76,87)/b29-27+/t45-,46+,47-,49+,50+,51+,52+,53+,54-,55+,56+,57+,58-/m1/s1. The van der Waals surface area contributed by atoms with Gasteiger partial charge in [0.05, 0.1) is 25.9 Å². The summed E-state index contributed by atoms with van der Waals surface area (Å²) in [5.74, 6) is -13.6. The fourth-order valence-corrected chi connectivity index (χ4v) is 13.5. The third-order valence-corrected chi connectivity index (χ3v) is 19.8. The molecule has 0 unspecified atom stereocenters. The molecule has 11 amide bonds. The Morgan fingerprint density at radius 3 is 1.43 bits per heavy atom. The molecule has 0 bridgehead atoms. The van der Waals surface area contributed by atoms with E-state index >= 15 is 33.6 Å². The lowest BCUT2D eigenvalue weighted by Crippen LogP contribution is -2.64. The number of carbonyl (C=O) groups is 13. The van der Waals surface area contributed by atoms with Crippen LogP contribution in [-0.4, -0.2) is 275 Å². The zero-order valence-corrected chi connectivity index (χ0v) is 66.3. The highest BCUT2D eigenvalue weighted by atomic mass is 32.2. The summed E-state index contributed by atoms with van der Waals surface area (Å²) < 4.78 is 9.65. The number of aliphatic hydroxyl groups is 2. The number of nitrogens with one attached hydrogen (secondary N) is 4. The number of allylic oxidation sites excluding steroid dienone is 2. The summed E-state index contributed by atoms with van der Waals surface area (Å²) in [6.45, 7) is 28.5. The minimum atomic E-state index is -1.72. The quantitative estimate of drug-likeness (QED) is 0.0348. The number of aliphatic hydroxyl groups excluding tert-OH is 1. The number of esters is 2. The molecular weight excluding hydrogens is 1320 g/mol. The number of amides is 11. The Morgan fingerprint density at radius 1 is 0.525 bits per heavy atom. The van der Waals surface area contributed by atoms with Crippen molar-refractivity contribution in [3.63, 3.8) is 0 Å². The molecule has 0 radical (unpaired) electrons. The summed E-state index contributed by atoms with van der Waals surface area (Å²) in [6, 6.07) is -15.0. The van der Waals surface area contributed by atoms with Gasteiger partial charge >= 0.3 is 11.9 Å². The first-order valence-corrected chi connectivity index (χ1v) is 36.7. The second-order valence-electron chi connectivity index (χ2n) is 29.9. The van der Waals surface area contributed by atoms with Crippen LogP contribution in [0.2, 0.25) is 0 Å². The molecule has 1 aliphatic rings. The van der Waals surface area contributed by atoms with E-state index in [9.17, 15) is 39.0 Å². The molecule has 578 valence electrons. The lowest BCUT2D eigenvalue weighted by molar-refractivity contribution is -0.159. The monoisotopic (exact) mass is 1450 g/mol. The number of methoxy groups -OCH3 is 2. The van der Waals surface area contributed by atoms with Crippen LogP contribution in [0.15, 0.2) is 12.2 Å². The van der Waals surface area contributed by atoms with E-state index in [1.807, 2.05) is 41.5 Å². The lowest BCUT2D eigenvalue weighted by Gasteiger charge is -2.41. The molecule has 6 N–H and O–H groups in total. The van der Waals surface area contributed by atoms with Crippen molar-refractivity contribution < 1.29 is 82.0 Å². The van der Waals surface area contributed by atoms with Gasteiger partial charge in [-0.3, -0.25) is 62.3 Å². The Morgan fingerprint density at radius 2 is 0.960 bits per heavy atom. The van der Waals surface area contributed by atoms with Crippen molar-refractivity contribution in [1.29, 1.82) is 0 Å². The van der Waals surface area contributed by atoms with Gasteiger partial charge in [-0.1, -0.05) is 102 Å². The zero-order valence-electron chi connectivity index (χ0n) is 65.5. The van der Waals surface area contributed by atoms with Crippen LogP contribution in [0.1, 0.15) is 175 Å². The predicted molar refractivity (Wildman–Crippen MR) is 388 cm³/mol. The van der Waals surface area contributed by atoms with Crippen molar-refractivity contribution in [2.24, 2.45) is 41.4 Å². The summed E-state index contributed by atoms with van der Waals surface area (Å²) in [4.78, 5) is 198. The third-order valence-electron chi connectivity index (χ3n) is 18.7. The SMILES string of the molecule is C/C=C/C[C@@H](C)[C@@H](O)[C@H]1C(=O)N[C@@H](CC)C(=O)N(C)[C@H](CSCCCCC(C(=O)OC)C(=O)OC)C(=O)N(C)[C@@H](CC(C)(C)O)C(=O)N[C@@H](C(C)C)C(=O)N(C)[C@@H](CC(C)C)C(=O)N[C@@H](C)C(=O)N[C@H](C)C(=O)N(C)[C@@H](CC(C)C)C(=O)N(C)[C@@H](CC(C)C)C(=O)N(C)[C@@H](C(C)C)C(=O)N1C. The minimum absolute atomic E-state index is 0.0743. The van der Waals surface area contributed by atoms with Crippen molar-refractivity contribution in [3.8, 4) is 0 Å². The first-order chi connectivity index (χ1) is 46.7. The number of likely N-dealkylation sites (N-methyl/N-ethyl adjacent to an activating group) is 7. The number of unbranched alkanes of at least 4 members (excludes halogenated alkanes) is 1. The summed E-state index contributed by atoms with van der Waals surface area (Å²) in [5, 5.41) is 34.7. The molecule has 0 aromatic rings. The lowest BCUT2D eigenvalue weighted by atomic mass is 9.91. The van der Waals surface area contributed by atoms with Crippen molar-refractivity contribution in [3.05, 3.63) is 12.2 Å². The second-order valence-corrected chi connectivity index (χ2v) is 31.0. The molecule has 0 saturated carbocycles. The highest BCUT2D eigenvalue weighted by Gasteiger charge is 2.47. The summed E-state index contributed by atoms with van der Waals surface area (Å²) in [5.41, 5.74) is -1.65. The van der Waals surface area contributed by atoms with Crippen LogP contribution in [0.4, 0.5) is 0 Å². The molecule has 101 heavy (non-hydrogen) atoms. The minimum Gasteiger partial charge on any atom is -0.468 e. The normalized spacial score (nSPS) is 25.3. The van der Waals surface area contributed by atoms with Gasteiger partial charge in [0, 0.05) is 61.5 Å². The first-order valence-electron chi connectivity index (χ1n) is 35.6. The third kappa shape index (κ3) is 27.0. The topological polar surface area (TPSA) is 352 Å². The van der Waals surface area contributed by atoms with E-state index in [2.05, 4.69) is 21.3 Å². The van der Waals surface area contributed by atoms with Gasteiger partial charge in [0.1, 0.15) is 66.5 Å². The van der Waals surface area contributed by atoms with Crippen LogP contribution < -0.4 is 21.3 Å². The molecule has 0 aromatic heterocycles. The molecule has 0 aromatic carbocycles. The van der Waals surface area contributed by atoms with Crippen LogP contribution in [-0.2, 0) is 71.8 Å². The molecule has 1 aliphatic heterocycles. The van der Waals surface area contributed by atoms with E-state index in [0.29, 0.717) is 18.6 Å². The highest BCUT2D eigenvalue weighted by molar-refractivity contribution is 7.99. The Balaban J connectivity index is 4.60. The highest BCUT2D eigenvalue weighted by Crippen LogP contribution is 2.27. The number of carbonyl (C=O) groups excluding carboxylic acids is 13. The van der Waals surface area contributed by atoms with Crippen LogP contribution in [0.5, 0.6) is 0 Å². The maximum absolute atomic E-state index is 15.5. The van der Waals surface area contributed by atoms with Gasteiger partial charge in [-0.15, -0.1) is 0 Å². The van der Waals surface area contributed by atoms with Crippen molar-refractivity contribution in [1.82, 2.24) is 55.6 Å². The molecule has 1 heterocycles. The van der Waals surface area contributed by atoms with E-state index in [-0.39, 0.29) is 62.0 Å². The maximum Gasteiger partial charge on any atom is 0.320 e. The molecule has 1 saturated heterocycles. The van der Waals surface area contributed by atoms with Gasteiger partial charge in [-0.25, -0.2) is 0 Å². The fraction of sp³-hybridized carbons (Fsp3) is 0.792. The van der Waals surface area contributed by atoms with E-state index in [1.165, 1.54) is 108 Å². The van der Waals surface area contributed by atoms with Crippen LogP contribution in [0.25, 0.3) is 0 Å². The number of nitrogens with zero attached hydrogens (tertiary/aromatic N) is 7. The Labute approximate surface area is 606 Å². The molecule has 0 spiro atoms. The smallest absolute Gasteiger partial charge is 0.320 e. The predicted octanol–water partition coefficient (Wildman–Crippen LogP) is 3.62. The van der Waals surface area contributed by atoms with Crippen molar-refractivity contribution >= 4 is 88.7 Å². The molecular formula is C72H127N11O17S. The number of rotatable bonds is 24. The molecule has 1 fully saturated rings. The number of hydrogen-bond donors (Lipinski definition) is 6. The van der Waals surface area contributed by atoms with Gasteiger partial charge in [0.15, 0.2) is 5.92 Å². The van der Waals surface area contributed by atoms with Gasteiger partial charge in [0.2, 0.25) is 65.0 Å². The molecule has 29 heteroatoms. The Hall–Kier alpha value is -6.88. The van der Waals surface area contributed by atoms with Crippen molar-refractivity contribution in [2.75, 3.05) is 75.1 Å². The van der Waals surface area contributed by atoms with Gasteiger partial charge in [0.25, 0.3) is 0 Å².